The molecule has 0 aliphatic carbocycles. The van der Waals surface area contributed by atoms with Crippen molar-refractivity contribution in [1.29, 1.82) is 0 Å². The molecule has 6 aromatic rings. The SMILES string of the molecule is NCc1ccc(-c2nc3ccn4c(-c5cc[nH]n5)nnc4c3cc2-c2ccccc2)cc1. The van der Waals surface area contributed by atoms with E-state index >= 15 is 0 Å². The van der Waals surface area contributed by atoms with Gasteiger partial charge in [0.05, 0.1) is 11.2 Å². The molecule has 3 N–H and O–H groups in total. The normalized spacial score (nSPS) is 11.4. The molecule has 0 aliphatic rings. The molecule has 0 saturated carbocycles. The summed E-state index contributed by atoms with van der Waals surface area (Å²) in [6, 6.07) is 24.6. The third-order valence-electron chi connectivity index (χ3n) is 5.65. The van der Waals surface area contributed by atoms with Gasteiger partial charge in [-0.05, 0) is 29.3 Å². The quantitative estimate of drug-likeness (QED) is 0.441. The summed E-state index contributed by atoms with van der Waals surface area (Å²) in [5.41, 5.74) is 13.3. The summed E-state index contributed by atoms with van der Waals surface area (Å²) < 4.78 is 1.95. The molecule has 0 unspecified atom stereocenters. The van der Waals surface area contributed by atoms with Crippen LogP contribution in [0, 0.1) is 0 Å². The van der Waals surface area contributed by atoms with Crippen molar-refractivity contribution >= 4 is 16.6 Å². The monoisotopic (exact) mass is 417 g/mol. The summed E-state index contributed by atoms with van der Waals surface area (Å²) in [6.45, 7) is 0.514. The van der Waals surface area contributed by atoms with Gasteiger partial charge in [-0.15, -0.1) is 10.2 Å². The van der Waals surface area contributed by atoms with Crippen LogP contribution in [0.4, 0.5) is 0 Å². The van der Waals surface area contributed by atoms with Crippen molar-refractivity contribution in [3.05, 3.63) is 90.8 Å². The number of H-pyrrole nitrogens is 1. The minimum absolute atomic E-state index is 0.514. The Morgan fingerprint density at radius 1 is 0.875 bits per heavy atom. The highest BCUT2D eigenvalue weighted by molar-refractivity contribution is 5.98. The average Bonchev–Trinajstić information content (AvgIpc) is 3.54. The second-order valence-corrected chi connectivity index (χ2v) is 7.58. The van der Waals surface area contributed by atoms with Crippen LogP contribution in [-0.4, -0.2) is 29.8 Å². The van der Waals surface area contributed by atoms with Crippen LogP contribution in [0.25, 0.3) is 50.5 Å². The zero-order chi connectivity index (χ0) is 21.5. The van der Waals surface area contributed by atoms with Gasteiger partial charge in [0.1, 0.15) is 5.69 Å². The molecule has 0 fully saturated rings. The summed E-state index contributed by atoms with van der Waals surface area (Å²) >= 11 is 0. The number of nitrogens with two attached hydrogens (primary N) is 1. The first kappa shape index (κ1) is 18.4. The second kappa shape index (κ2) is 7.40. The van der Waals surface area contributed by atoms with Crippen LogP contribution in [0.5, 0.6) is 0 Å². The van der Waals surface area contributed by atoms with E-state index in [9.17, 15) is 0 Å². The van der Waals surface area contributed by atoms with Gasteiger partial charge in [-0.1, -0.05) is 54.6 Å². The zero-order valence-corrected chi connectivity index (χ0v) is 17.1. The van der Waals surface area contributed by atoms with E-state index in [2.05, 4.69) is 50.7 Å². The van der Waals surface area contributed by atoms with Gasteiger partial charge >= 0.3 is 0 Å². The van der Waals surface area contributed by atoms with Crippen molar-refractivity contribution in [3.63, 3.8) is 0 Å². The topological polar surface area (TPSA) is 97.8 Å². The lowest BCUT2D eigenvalue weighted by molar-refractivity contribution is 1.05. The number of fused-ring (bicyclic) bond motifs is 3. The maximum Gasteiger partial charge on any atom is 0.188 e. The van der Waals surface area contributed by atoms with Crippen LogP contribution in [0.2, 0.25) is 0 Å². The zero-order valence-electron chi connectivity index (χ0n) is 17.1. The van der Waals surface area contributed by atoms with E-state index in [1.54, 1.807) is 6.20 Å². The van der Waals surface area contributed by atoms with E-state index in [1.165, 1.54) is 0 Å². The molecule has 2 aromatic carbocycles. The van der Waals surface area contributed by atoms with Crippen molar-refractivity contribution < 1.29 is 0 Å². The molecule has 0 spiro atoms. The average molecular weight is 417 g/mol. The van der Waals surface area contributed by atoms with Crippen LogP contribution in [0.1, 0.15) is 5.56 Å². The Kier molecular flexibility index (Phi) is 4.26. The number of hydrogen-bond acceptors (Lipinski definition) is 5. The molecule has 4 heterocycles. The van der Waals surface area contributed by atoms with Crippen LogP contribution in [0.15, 0.2) is 85.2 Å². The Balaban J connectivity index is 1.63. The lowest BCUT2D eigenvalue weighted by Crippen LogP contribution is -1.97. The first-order chi connectivity index (χ1) is 15.8. The lowest BCUT2D eigenvalue weighted by atomic mass is 9.97. The fraction of sp³-hybridized carbons (Fsp3) is 0.0400. The number of rotatable bonds is 4. The van der Waals surface area contributed by atoms with Gasteiger partial charge in [-0.2, -0.15) is 5.10 Å². The number of pyridine rings is 2. The molecule has 7 nitrogen and oxygen atoms in total. The van der Waals surface area contributed by atoms with Crippen LogP contribution in [-0.2, 0) is 6.54 Å². The summed E-state index contributed by atoms with van der Waals surface area (Å²) in [7, 11) is 0. The van der Waals surface area contributed by atoms with E-state index in [4.69, 9.17) is 10.7 Å². The predicted molar refractivity (Wildman–Crippen MR) is 125 cm³/mol. The Bertz CT molecular complexity index is 1530. The third kappa shape index (κ3) is 2.95. The number of benzene rings is 2. The highest BCUT2D eigenvalue weighted by Gasteiger charge is 2.16. The molecule has 154 valence electrons. The molecule has 0 radical (unpaired) electrons. The van der Waals surface area contributed by atoms with E-state index < -0.39 is 0 Å². The fourth-order valence-corrected chi connectivity index (χ4v) is 4.01. The van der Waals surface area contributed by atoms with Gasteiger partial charge in [0, 0.05) is 35.5 Å². The smallest absolute Gasteiger partial charge is 0.188 e. The highest BCUT2D eigenvalue weighted by atomic mass is 15.3. The van der Waals surface area contributed by atoms with Crippen LogP contribution >= 0.6 is 0 Å². The van der Waals surface area contributed by atoms with Crippen LogP contribution in [0.3, 0.4) is 0 Å². The van der Waals surface area contributed by atoms with Crippen molar-refractivity contribution in [2.45, 2.75) is 6.54 Å². The van der Waals surface area contributed by atoms with Gasteiger partial charge in [-0.25, -0.2) is 4.98 Å². The van der Waals surface area contributed by atoms with E-state index in [0.717, 1.165) is 50.2 Å². The number of aromatic amines is 1. The number of nitrogens with one attached hydrogen (secondary N) is 1. The standard InChI is InChI=1S/C25H19N7/c26-15-16-6-8-18(9-7-16)23-19(17-4-2-1-3-5-17)14-20-21(28-23)11-13-32-24(20)30-31-25(32)22-10-12-27-29-22/h1-14H,15,26H2,(H,27,29). The minimum Gasteiger partial charge on any atom is -0.326 e. The predicted octanol–water partition coefficient (Wildman–Crippen LogP) is 4.46. The molecule has 0 amide bonds. The van der Waals surface area contributed by atoms with Gasteiger partial charge in [0.2, 0.25) is 0 Å². The molecule has 0 aliphatic heterocycles. The van der Waals surface area contributed by atoms with Crippen LogP contribution < -0.4 is 5.73 Å². The molecule has 0 saturated heterocycles. The Morgan fingerprint density at radius 3 is 2.47 bits per heavy atom. The third-order valence-corrected chi connectivity index (χ3v) is 5.65. The maximum atomic E-state index is 5.79. The van der Waals surface area contributed by atoms with Crippen molar-refractivity contribution in [3.8, 4) is 33.9 Å². The fourth-order valence-electron chi connectivity index (χ4n) is 4.01. The van der Waals surface area contributed by atoms with E-state index in [0.29, 0.717) is 12.4 Å². The first-order valence-corrected chi connectivity index (χ1v) is 10.4. The minimum atomic E-state index is 0.514. The number of aromatic nitrogens is 6. The van der Waals surface area contributed by atoms with Crippen molar-refractivity contribution in [2.24, 2.45) is 5.73 Å². The Hall–Kier alpha value is -4.36. The summed E-state index contributed by atoms with van der Waals surface area (Å²) in [5, 5.41) is 16.9. The second-order valence-electron chi connectivity index (χ2n) is 7.58. The molecule has 0 bridgehead atoms. The van der Waals surface area contributed by atoms with Gasteiger partial charge in [0.25, 0.3) is 0 Å². The summed E-state index contributed by atoms with van der Waals surface area (Å²) in [5.74, 6) is 0.686. The molecule has 6 rings (SSSR count). The molecule has 0 atom stereocenters. The van der Waals surface area contributed by atoms with Gasteiger partial charge in [0.15, 0.2) is 11.5 Å². The summed E-state index contributed by atoms with van der Waals surface area (Å²) in [4.78, 5) is 5.07. The molecule has 7 heteroatoms. The van der Waals surface area contributed by atoms with E-state index in [1.807, 2.05) is 53.1 Å². The first-order valence-electron chi connectivity index (χ1n) is 10.4. The summed E-state index contributed by atoms with van der Waals surface area (Å²) in [6.07, 6.45) is 3.72. The lowest BCUT2D eigenvalue weighted by Gasteiger charge is -2.12. The molecular formula is C25H19N7. The van der Waals surface area contributed by atoms with Crippen molar-refractivity contribution in [2.75, 3.05) is 0 Å². The van der Waals surface area contributed by atoms with Crippen molar-refractivity contribution in [1.82, 2.24) is 29.8 Å². The van der Waals surface area contributed by atoms with Gasteiger partial charge < -0.3 is 5.73 Å². The van der Waals surface area contributed by atoms with E-state index in [-0.39, 0.29) is 0 Å². The highest BCUT2D eigenvalue weighted by Crippen LogP contribution is 2.35. The Labute approximate surface area is 183 Å². The number of nitrogens with zero attached hydrogens (tertiary/aromatic N) is 5. The Morgan fingerprint density at radius 2 is 1.72 bits per heavy atom. The maximum absolute atomic E-state index is 5.79. The van der Waals surface area contributed by atoms with Gasteiger partial charge in [-0.3, -0.25) is 9.50 Å². The number of hydrogen-bond donors (Lipinski definition) is 2. The molecular weight excluding hydrogens is 398 g/mol. The largest absolute Gasteiger partial charge is 0.326 e. The molecule has 4 aromatic heterocycles. The molecule has 32 heavy (non-hydrogen) atoms.